The number of benzene rings is 2. The Morgan fingerprint density at radius 3 is 2.65 bits per heavy atom. The van der Waals surface area contributed by atoms with Crippen molar-refractivity contribution in [2.24, 2.45) is 0 Å². The Kier molecular flexibility index (Phi) is 4.73. The highest BCUT2D eigenvalue weighted by Crippen LogP contribution is 2.35. The number of ether oxygens (including phenoxy) is 1. The van der Waals surface area contributed by atoms with Gasteiger partial charge >= 0.3 is 0 Å². The molecule has 2 heterocycles. The zero-order chi connectivity index (χ0) is 18.1. The quantitative estimate of drug-likeness (QED) is 0.667. The fraction of sp³-hybridized carbons (Fsp3) is 0.391. The summed E-state index contributed by atoms with van der Waals surface area (Å²) < 4.78 is 8.06. The van der Waals surface area contributed by atoms with Crippen LogP contribution in [0, 0.1) is 0 Å². The number of aromatic nitrogens is 1. The van der Waals surface area contributed by atoms with Gasteiger partial charge in [-0.15, -0.1) is 0 Å². The summed E-state index contributed by atoms with van der Waals surface area (Å²) in [7, 11) is 1.75. The van der Waals surface area contributed by atoms with Gasteiger partial charge in [0.25, 0.3) is 0 Å². The molecule has 2 aromatic carbocycles. The van der Waals surface area contributed by atoms with Crippen LogP contribution in [0.25, 0.3) is 10.9 Å². The standard InChI is InChI=1S/C23H28N2O/c1-4-24-16-21-20-15-19(26-3)10-11-22(20)25(23(21)14-17(24)2)13-12-18-8-6-5-7-9-18/h5-11,15,17H,4,12-14,16H2,1-3H3. The number of hydrogen-bond donors (Lipinski definition) is 0. The van der Waals surface area contributed by atoms with Crippen molar-refractivity contribution in [3.8, 4) is 5.75 Å². The maximum absolute atomic E-state index is 5.50. The van der Waals surface area contributed by atoms with Gasteiger partial charge in [0.1, 0.15) is 5.75 Å². The molecule has 3 heteroatoms. The van der Waals surface area contributed by atoms with E-state index >= 15 is 0 Å². The van der Waals surface area contributed by atoms with E-state index in [1.807, 2.05) is 0 Å². The van der Waals surface area contributed by atoms with E-state index in [0.717, 1.165) is 38.2 Å². The van der Waals surface area contributed by atoms with Crippen LogP contribution in [0.15, 0.2) is 48.5 Å². The molecule has 1 aromatic heterocycles. The van der Waals surface area contributed by atoms with Gasteiger partial charge in [-0.25, -0.2) is 0 Å². The predicted octanol–water partition coefficient (Wildman–Crippen LogP) is 4.66. The molecule has 0 aliphatic carbocycles. The van der Waals surface area contributed by atoms with Crippen molar-refractivity contribution in [2.75, 3.05) is 13.7 Å². The first-order valence-electron chi connectivity index (χ1n) is 9.67. The lowest BCUT2D eigenvalue weighted by Gasteiger charge is -2.33. The van der Waals surface area contributed by atoms with Crippen molar-refractivity contribution >= 4 is 10.9 Å². The summed E-state index contributed by atoms with van der Waals surface area (Å²) in [6.07, 6.45) is 2.18. The molecule has 0 spiro atoms. The molecule has 0 fully saturated rings. The SMILES string of the molecule is CCN1Cc2c(n(CCc3ccccc3)c3ccc(OC)cc23)CC1C. The summed E-state index contributed by atoms with van der Waals surface area (Å²) in [6.45, 7) is 7.78. The van der Waals surface area contributed by atoms with E-state index in [9.17, 15) is 0 Å². The van der Waals surface area contributed by atoms with Gasteiger partial charge < -0.3 is 9.30 Å². The molecular formula is C23H28N2O. The fourth-order valence-electron chi connectivity index (χ4n) is 4.33. The van der Waals surface area contributed by atoms with Crippen LogP contribution >= 0.6 is 0 Å². The molecule has 0 radical (unpaired) electrons. The predicted molar refractivity (Wildman–Crippen MR) is 108 cm³/mol. The highest BCUT2D eigenvalue weighted by atomic mass is 16.5. The van der Waals surface area contributed by atoms with Crippen molar-refractivity contribution in [1.29, 1.82) is 0 Å². The Bertz CT molecular complexity index is 897. The number of rotatable bonds is 5. The average molecular weight is 348 g/mol. The zero-order valence-electron chi connectivity index (χ0n) is 16.0. The summed E-state index contributed by atoms with van der Waals surface area (Å²) >= 11 is 0. The normalized spacial score (nSPS) is 17.4. The van der Waals surface area contributed by atoms with E-state index in [4.69, 9.17) is 4.74 Å². The minimum absolute atomic E-state index is 0.592. The first-order valence-corrected chi connectivity index (χ1v) is 9.67. The molecular weight excluding hydrogens is 320 g/mol. The minimum atomic E-state index is 0.592. The lowest BCUT2D eigenvalue weighted by Crippen LogP contribution is -2.38. The molecule has 0 saturated heterocycles. The van der Waals surface area contributed by atoms with Gasteiger partial charge in [-0.2, -0.15) is 0 Å². The lowest BCUT2D eigenvalue weighted by atomic mass is 9.99. The molecule has 0 bridgehead atoms. The van der Waals surface area contributed by atoms with Crippen LogP contribution < -0.4 is 4.74 Å². The molecule has 136 valence electrons. The smallest absolute Gasteiger partial charge is 0.119 e. The number of methoxy groups -OCH3 is 1. The molecule has 3 nitrogen and oxygen atoms in total. The van der Waals surface area contributed by atoms with Gasteiger partial charge in [0.2, 0.25) is 0 Å². The van der Waals surface area contributed by atoms with Gasteiger partial charge in [-0.05, 0) is 49.2 Å². The third-order valence-corrected chi connectivity index (χ3v) is 5.84. The van der Waals surface area contributed by atoms with E-state index in [1.54, 1.807) is 7.11 Å². The maximum atomic E-state index is 5.50. The van der Waals surface area contributed by atoms with Crippen LogP contribution in [0.3, 0.4) is 0 Å². The van der Waals surface area contributed by atoms with Crippen molar-refractivity contribution < 1.29 is 4.74 Å². The topological polar surface area (TPSA) is 17.4 Å². The van der Waals surface area contributed by atoms with Gasteiger partial charge in [-0.3, -0.25) is 4.90 Å². The lowest BCUT2D eigenvalue weighted by molar-refractivity contribution is 0.192. The summed E-state index contributed by atoms with van der Waals surface area (Å²) in [4.78, 5) is 2.57. The molecule has 26 heavy (non-hydrogen) atoms. The molecule has 1 aliphatic heterocycles. The summed E-state index contributed by atoms with van der Waals surface area (Å²) in [5, 5.41) is 1.36. The maximum Gasteiger partial charge on any atom is 0.119 e. The highest BCUT2D eigenvalue weighted by Gasteiger charge is 2.27. The monoisotopic (exact) mass is 348 g/mol. The van der Waals surface area contributed by atoms with Crippen molar-refractivity contribution in [2.45, 2.75) is 45.8 Å². The van der Waals surface area contributed by atoms with E-state index < -0.39 is 0 Å². The summed E-state index contributed by atoms with van der Waals surface area (Å²) in [5.41, 5.74) is 5.75. The first kappa shape index (κ1) is 17.2. The van der Waals surface area contributed by atoms with E-state index in [0.29, 0.717) is 6.04 Å². The number of hydrogen-bond acceptors (Lipinski definition) is 2. The Labute approximate surface area is 156 Å². The molecule has 1 unspecified atom stereocenters. The fourth-order valence-corrected chi connectivity index (χ4v) is 4.33. The number of nitrogens with zero attached hydrogens (tertiary/aromatic N) is 2. The van der Waals surface area contributed by atoms with Gasteiger partial charge in [0.15, 0.2) is 0 Å². The second-order valence-corrected chi connectivity index (χ2v) is 7.31. The first-order chi connectivity index (χ1) is 12.7. The van der Waals surface area contributed by atoms with Crippen LogP contribution in [0.5, 0.6) is 5.75 Å². The third-order valence-electron chi connectivity index (χ3n) is 5.84. The summed E-state index contributed by atoms with van der Waals surface area (Å²) in [6, 6.07) is 17.9. The Morgan fingerprint density at radius 1 is 1.12 bits per heavy atom. The van der Waals surface area contributed by atoms with E-state index in [2.05, 4.69) is 71.8 Å². The van der Waals surface area contributed by atoms with Crippen molar-refractivity contribution in [3.05, 3.63) is 65.4 Å². The van der Waals surface area contributed by atoms with Crippen molar-refractivity contribution in [1.82, 2.24) is 9.47 Å². The highest BCUT2D eigenvalue weighted by molar-refractivity contribution is 5.87. The van der Waals surface area contributed by atoms with Crippen molar-refractivity contribution in [3.63, 3.8) is 0 Å². The van der Waals surface area contributed by atoms with E-state index in [-0.39, 0.29) is 0 Å². The molecule has 3 aromatic rings. The molecule has 1 atom stereocenters. The molecule has 1 aliphatic rings. The second-order valence-electron chi connectivity index (χ2n) is 7.31. The molecule has 0 N–H and O–H groups in total. The zero-order valence-corrected chi connectivity index (χ0v) is 16.0. The number of likely N-dealkylation sites (N-methyl/N-ethyl adjacent to an activating group) is 1. The molecule has 4 rings (SSSR count). The minimum Gasteiger partial charge on any atom is -0.497 e. The molecule has 0 amide bonds. The number of aryl methyl sites for hydroxylation is 2. The van der Waals surface area contributed by atoms with E-state index in [1.165, 1.54) is 27.7 Å². The van der Waals surface area contributed by atoms with Crippen LogP contribution in [-0.2, 0) is 25.9 Å². The third kappa shape index (κ3) is 3.01. The van der Waals surface area contributed by atoms with Crippen LogP contribution in [-0.4, -0.2) is 29.2 Å². The molecule has 0 saturated carbocycles. The van der Waals surface area contributed by atoms with Gasteiger partial charge in [0.05, 0.1) is 7.11 Å². The van der Waals surface area contributed by atoms with Gasteiger partial charge in [0, 0.05) is 42.1 Å². The Hall–Kier alpha value is -2.26. The van der Waals surface area contributed by atoms with Crippen LogP contribution in [0.2, 0.25) is 0 Å². The Balaban J connectivity index is 1.77. The van der Waals surface area contributed by atoms with Crippen LogP contribution in [0.1, 0.15) is 30.7 Å². The second kappa shape index (κ2) is 7.16. The average Bonchev–Trinajstić information content (AvgIpc) is 2.98. The largest absolute Gasteiger partial charge is 0.497 e. The Morgan fingerprint density at radius 2 is 1.92 bits per heavy atom. The summed E-state index contributed by atoms with van der Waals surface area (Å²) in [5.74, 6) is 0.946. The number of fused-ring (bicyclic) bond motifs is 3. The van der Waals surface area contributed by atoms with Crippen LogP contribution in [0.4, 0.5) is 0 Å². The van der Waals surface area contributed by atoms with Gasteiger partial charge in [-0.1, -0.05) is 37.3 Å².